The zero-order valence-corrected chi connectivity index (χ0v) is 19.3. The molecule has 3 amide bonds. The number of rotatable bonds is 6. The lowest BCUT2D eigenvalue weighted by Gasteiger charge is -2.27. The van der Waals surface area contributed by atoms with Crippen molar-refractivity contribution in [3.05, 3.63) is 52.5 Å². The number of piperazine rings is 1. The van der Waals surface area contributed by atoms with Gasteiger partial charge in [0.25, 0.3) is 5.91 Å². The molecular weight excluding hydrogens is 448 g/mol. The SMILES string of the molecule is Cc1cccc(Cl)c1NC(=O)c1ccc2nc(NC(=O)NCCN3CCNCC3)sc2c1. The summed E-state index contributed by atoms with van der Waals surface area (Å²) in [7, 11) is 0. The van der Waals surface area contributed by atoms with Gasteiger partial charge in [-0.25, -0.2) is 9.78 Å². The van der Waals surface area contributed by atoms with E-state index in [0.29, 0.717) is 27.9 Å². The van der Waals surface area contributed by atoms with Gasteiger partial charge in [0.15, 0.2) is 5.13 Å². The Hall–Kier alpha value is -2.72. The Balaban J connectivity index is 1.36. The molecule has 4 rings (SSSR count). The minimum Gasteiger partial charge on any atom is -0.337 e. The van der Waals surface area contributed by atoms with E-state index in [1.807, 2.05) is 19.1 Å². The number of thiazole rings is 1. The van der Waals surface area contributed by atoms with Gasteiger partial charge in [-0.05, 0) is 36.8 Å². The van der Waals surface area contributed by atoms with Crippen LogP contribution in [0.4, 0.5) is 15.6 Å². The molecule has 1 aliphatic heterocycles. The van der Waals surface area contributed by atoms with Crippen molar-refractivity contribution in [3.8, 4) is 0 Å². The number of benzene rings is 2. The fourth-order valence-corrected chi connectivity index (χ4v) is 4.67. The number of aryl methyl sites for hydroxylation is 1. The molecular formula is C22H25ClN6O2S. The van der Waals surface area contributed by atoms with Crippen molar-refractivity contribution in [2.24, 2.45) is 0 Å². The van der Waals surface area contributed by atoms with Crippen LogP contribution < -0.4 is 21.3 Å². The van der Waals surface area contributed by atoms with Crippen molar-refractivity contribution in [2.75, 3.05) is 49.9 Å². The third-order valence-electron chi connectivity index (χ3n) is 5.25. The van der Waals surface area contributed by atoms with Crippen LogP contribution in [0.1, 0.15) is 15.9 Å². The molecule has 0 unspecified atom stereocenters. The number of nitrogens with one attached hydrogen (secondary N) is 4. The molecule has 1 fully saturated rings. The predicted molar refractivity (Wildman–Crippen MR) is 130 cm³/mol. The Morgan fingerprint density at radius 3 is 2.78 bits per heavy atom. The normalized spacial score (nSPS) is 14.3. The van der Waals surface area contributed by atoms with Crippen molar-refractivity contribution in [3.63, 3.8) is 0 Å². The van der Waals surface area contributed by atoms with E-state index in [1.165, 1.54) is 11.3 Å². The minimum atomic E-state index is -0.286. The molecule has 4 N–H and O–H groups in total. The maximum Gasteiger partial charge on any atom is 0.321 e. The third-order valence-corrected chi connectivity index (χ3v) is 6.50. The van der Waals surface area contributed by atoms with Gasteiger partial charge in [-0.1, -0.05) is 35.1 Å². The molecule has 32 heavy (non-hydrogen) atoms. The average Bonchev–Trinajstić information content (AvgIpc) is 3.18. The predicted octanol–water partition coefficient (Wildman–Crippen LogP) is 3.54. The van der Waals surface area contributed by atoms with Crippen LogP contribution in [0.3, 0.4) is 0 Å². The molecule has 2 aromatic carbocycles. The number of fused-ring (bicyclic) bond motifs is 1. The Labute approximate surface area is 195 Å². The van der Waals surface area contributed by atoms with Crippen LogP contribution in [-0.4, -0.2) is 61.1 Å². The highest BCUT2D eigenvalue weighted by molar-refractivity contribution is 7.22. The summed E-state index contributed by atoms with van der Waals surface area (Å²) in [4.78, 5) is 31.7. The molecule has 1 saturated heterocycles. The summed E-state index contributed by atoms with van der Waals surface area (Å²) >= 11 is 7.54. The van der Waals surface area contributed by atoms with Crippen LogP contribution in [0.5, 0.6) is 0 Å². The summed E-state index contributed by atoms with van der Waals surface area (Å²) in [5, 5.41) is 12.8. The van der Waals surface area contributed by atoms with Crippen molar-refractivity contribution in [1.82, 2.24) is 20.5 Å². The van der Waals surface area contributed by atoms with E-state index < -0.39 is 0 Å². The molecule has 10 heteroatoms. The second-order valence-corrected chi connectivity index (χ2v) is 9.00. The number of amides is 3. The second kappa shape index (κ2) is 10.3. The van der Waals surface area contributed by atoms with Gasteiger partial charge >= 0.3 is 6.03 Å². The summed E-state index contributed by atoms with van der Waals surface area (Å²) < 4.78 is 0.810. The number of carbonyl (C=O) groups is 2. The van der Waals surface area contributed by atoms with Crippen LogP contribution in [-0.2, 0) is 0 Å². The molecule has 168 valence electrons. The van der Waals surface area contributed by atoms with E-state index in [1.54, 1.807) is 24.3 Å². The van der Waals surface area contributed by atoms with E-state index in [9.17, 15) is 9.59 Å². The first-order chi connectivity index (χ1) is 15.5. The highest BCUT2D eigenvalue weighted by Gasteiger charge is 2.14. The number of carbonyl (C=O) groups excluding carboxylic acids is 2. The van der Waals surface area contributed by atoms with Crippen molar-refractivity contribution >= 4 is 55.9 Å². The maximum atomic E-state index is 12.7. The zero-order valence-electron chi connectivity index (χ0n) is 17.7. The smallest absolute Gasteiger partial charge is 0.321 e. The van der Waals surface area contributed by atoms with E-state index in [4.69, 9.17) is 11.6 Å². The molecule has 2 heterocycles. The number of hydrogen-bond donors (Lipinski definition) is 4. The number of anilines is 2. The van der Waals surface area contributed by atoms with E-state index in [-0.39, 0.29) is 11.9 Å². The number of hydrogen-bond acceptors (Lipinski definition) is 6. The van der Waals surface area contributed by atoms with Crippen LogP contribution in [0.15, 0.2) is 36.4 Å². The Morgan fingerprint density at radius 2 is 2.00 bits per heavy atom. The Morgan fingerprint density at radius 1 is 1.19 bits per heavy atom. The Kier molecular flexibility index (Phi) is 7.21. The number of para-hydroxylation sites is 1. The molecule has 0 atom stereocenters. The molecule has 1 aliphatic rings. The van der Waals surface area contributed by atoms with Crippen molar-refractivity contribution in [2.45, 2.75) is 6.92 Å². The third kappa shape index (κ3) is 5.55. The van der Waals surface area contributed by atoms with E-state index in [0.717, 1.165) is 48.5 Å². The van der Waals surface area contributed by atoms with Gasteiger partial charge in [0, 0.05) is 44.8 Å². The highest BCUT2D eigenvalue weighted by atomic mass is 35.5. The number of nitrogens with zero attached hydrogens (tertiary/aromatic N) is 2. The van der Waals surface area contributed by atoms with Crippen LogP contribution in [0.25, 0.3) is 10.2 Å². The lowest BCUT2D eigenvalue weighted by atomic mass is 10.1. The first-order valence-electron chi connectivity index (χ1n) is 10.4. The summed E-state index contributed by atoms with van der Waals surface area (Å²) in [6, 6.07) is 10.4. The van der Waals surface area contributed by atoms with Gasteiger partial charge in [-0.3, -0.25) is 15.0 Å². The molecule has 0 aliphatic carbocycles. The summed E-state index contributed by atoms with van der Waals surface area (Å²) in [6.45, 7) is 7.23. The van der Waals surface area contributed by atoms with Crippen LogP contribution >= 0.6 is 22.9 Å². The second-order valence-electron chi connectivity index (χ2n) is 7.56. The van der Waals surface area contributed by atoms with E-state index in [2.05, 4.69) is 31.2 Å². The highest BCUT2D eigenvalue weighted by Crippen LogP contribution is 2.29. The van der Waals surface area contributed by atoms with Crippen molar-refractivity contribution in [1.29, 1.82) is 0 Å². The summed E-state index contributed by atoms with van der Waals surface area (Å²) in [6.07, 6.45) is 0. The molecule has 3 aromatic rings. The van der Waals surface area contributed by atoms with Gasteiger partial charge in [0.05, 0.1) is 20.9 Å². The largest absolute Gasteiger partial charge is 0.337 e. The summed E-state index contributed by atoms with van der Waals surface area (Å²) in [5.74, 6) is -0.253. The fraction of sp³-hybridized carbons (Fsp3) is 0.318. The van der Waals surface area contributed by atoms with E-state index >= 15 is 0 Å². The monoisotopic (exact) mass is 472 g/mol. The number of aromatic nitrogens is 1. The Bertz CT molecular complexity index is 1110. The molecule has 1 aromatic heterocycles. The molecule has 0 radical (unpaired) electrons. The minimum absolute atomic E-state index is 0.253. The summed E-state index contributed by atoms with van der Waals surface area (Å²) in [5.41, 5.74) is 2.70. The number of urea groups is 1. The van der Waals surface area contributed by atoms with Crippen LogP contribution in [0, 0.1) is 6.92 Å². The topological polar surface area (TPSA) is 98.4 Å². The lowest BCUT2D eigenvalue weighted by molar-refractivity contribution is 0.102. The fourth-order valence-electron chi connectivity index (χ4n) is 3.50. The van der Waals surface area contributed by atoms with Gasteiger partial charge in [0.1, 0.15) is 0 Å². The van der Waals surface area contributed by atoms with Crippen LogP contribution in [0.2, 0.25) is 5.02 Å². The first-order valence-corrected chi connectivity index (χ1v) is 11.6. The standard InChI is InChI=1S/C22H25ClN6O2S/c1-14-3-2-4-16(23)19(14)27-20(30)15-5-6-17-18(13-15)32-22(26-17)28-21(31)25-9-12-29-10-7-24-8-11-29/h2-6,13,24H,7-12H2,1H3,(H,27,30)(H2,25,26,28,31). The molecule has 0 saturated carbocycles. The first kappa shape index (κ1) is 22.5. The average molecular weight is 473 g/mol. The van der Waals surface area contributed by atoms with Crippen molar-refractivity contribution < 1.29 is 9.59 Å². The molecule has 8 nitrogen and oxygen atoms in total. The quantitative estimate of drug-likeness (QED) is 0.440. The molecule has 0 bridgehead atoms. The number of halogens is 1. The maximum absolute atomic E-state index is 12.7. The zero-order chi connectivity index (χ0) is 22.5. The van der Waals surface area contributed by atoms with Gasteiger partial charge < -0.3 is 16.0 Å². The van der Waals surface area contributed by atoms with Gasteiger partial charge in [0.2, 0.25) is 0 Å². The van der Waals surface area contributed by atoms with Gasteiger partial charge in [-0.15, -0.1) is 0 Å². The molecule has 0 spiro atoms. The lowest BCUT2D eigenvalue weighted by Crippen LogP contribution is -2.46. The van der Waals surface area contributed by atoms with Gasteiger partial charge in [-0.2, -0.15) is 0 Å².